The third kappa shape index (κ3) is 3.40. The maximum atomic E-state index is 12.6. The molecule has 0 aliphatic heterocycles. The van der Waals surface area contributed by atoms with Gasteiger partial charge in [0.05, 0.1) is 30.9 Å². The van der Waals surface area contributed by atoms with Gasteiger partial charge in [-0.2, -0.15) is 5.10 Å². The second kappa shape index (κ2) is 7.51. The number of nitrogens with one attached hydrogen (secondary N) is 3. The molecule has 1 aliphatic carbocycles. The van der Waals surface area contributed by atoms with Crippen LogP contribution in [0.3, 0.4) is 0 Å². The maximum absolute atomic E-state index is 12.6. The SMILES string of the molecule is COc1cc2nc(-c3n[nH]cc3NC(=O)[C@H]3CC[C@H](N)CC3)[nH]c2cc1OC. The van der Waals surface area contributed by atoms with Gasteiger partial charge in [-0.25, -0.2) is 4.98 Å². The maximum Gasteiger partial charge on any atom is 0.227 e. The molecule has 0 bridgehead atoms. The van der Waals surface area contributed by atoms with E-state index in [4.69, 9.17) is 15.2 Å². The molecule has 1 saturated carbocycles. The predicted molar refractivity (Wildman–Crippen MR) is 105 cm³/mol. The van der Waals surface area contributed by atoms with Gasteiger partial charge < -0.3 is 25.5 Å². The van der Waals surface area contributed by atoms with E-state index >= 15 is 0 Å². The summed E-state index contributed by atoms with van der Waals surface area (Å²) >= 11 is 0. The Morgan fingerprint density at radius 3 is 2.61 bits per heavy atom. The summed E-state index contributed by atoms with van der Waals surface area (Å²) in [5, 5.41) is 10.0. The van der Waals surface area contributed by atoms with Gasteiger partial charge >= 0.3 is 0 Å². The zero-order valence-electron chi connectivity index (χ0n) is 15.9. The van der Waals surface area contributed by atoms with Gasteiger partial charge in [0, 0.05) is 30.3 Å². The van der Waals surface area contributed by atoms with E-state index in [0.29, 0.717) is 34.2 Å². The number of fused-ring (bicyclic) bond motifs is 1. The number of ether oxygens (including phenoxy) is 2. The Hall–Kier alpha value is -3.07. The predicted octanol–water partition coefficient (Wildman–Crippen LogP) is 2.43. The number of rotatable bonds is 5. The average molecular weight is 384 g/mol. The van der Waals surface area contributed by atoms with Gasteiger partial charge in [-0.3, -0.25) is 9.89 Å². The lowest BCUT2D eigenvalue weighted by molar-refractivity contribution is -0.120. The number of carbonyl (C=O) groups excluding carboxylic acids is 1. The Morgan fingerprint density at radius 1 is 1.18 bits per heavy atom. The largest absolute Gasteiger partial charge is 0.493 e. The van der Waals surface area contributed by atoms with Crippen molar-refractivity contribution in [2.75, 3.05) is 19.5 Å². The van der Waals surface area contributed by atoms with Crippen molar-refractivity contribution in [2.24, 2.45) is 11.7 Å². The molecule has 0 atom stereocenters. The van der Waals surface area contributed by atoms with Crippen LogP contribution in [0.25, 0.3) is 22.6 Å². The number of hydrogen-bond donors (Lipinski definition) is 4. The van der Waals surface area contributed by atoms with E-state index in [-0.39, 0.29) is 17.9 Å². The van der Waals surface area contributed by atoms with Crippen LogP contribution in [0.5, 0.6) is 11.5 Å². The Kier molecular flexibility index (Phi) is 4.91. The van der Waals surface area contributed by atoms with Crippen molar-refractivity contribution in [3.05, 3.63) is 18.3 Å². The van der Waals surface area contributed by atoms with Crippen LogP contribution in [-0.4, -0.2) is 46.3 Å². The lowest BCUT2D eigenvalue weighted by atomic mass is 9.86. The summed E-state index contributed by atoms with van der Waals surface area (Å²) in [6.07, 6.45) is 5.04. The minimum absolute atomic E-state index is 0.00556. The highest BCUT2D eigenvalue weighted by Gasteiger charge is 2.26. The van der Waals surface area contributed by atoms with Gasteiger partial charge in [0.15, 0.2) is 23.0 Å². The lowest BCUT2D eigenvalue weighted by Crippen LogP contribution is -2.32. The van der Waals surface area contributed by atoms with E-state index in [0.717, 1.165) is 31.2 Å². The van der Waals surface area contributed by atoms with Crippen LogP contribution in [-0.2, 0) is 4.79 Å². The second-order valence-electron chi connectivity index (χ2n) is 7.06. The number of anilines is 1. The fourth-order valence-electron chi connectivity index (χ4n) is 3.63. The van der Waals surface area contributed by atoms with Crippen molar-refractivity contribution in [3.8, 4) is 23.0 Å². The van der Waals surface area contributed by atoms with Gasteiger partial charge in [0.1, 0.15) is 0 Å². The summed E-state index contributed by atoms with van der Waals surface area (Å²) in [7, 11) is 3.16. The molecule has 0 spiro atoms. The molecule has 3 aromatic rings. The fraction of sp³-hybridized carbons (Fsp3) is 0.421. The highest BCUT2D eigenvalue weighted by atomic mass is 16.5. The molecule has 28 heavy (non-hydrogen) atoms. The van der Waals surface area contributed by atoms with Crippen molar-refractivity contribution in [1.29, 1.82) is 0 Å². The van der Waals surface area contributed by atoms with E-state index in [1.54, 1.807) is 26.5 Å². The fourth-order valence-corrected chi connectivity index (χ4v) is 3.63. The molecule has 2 heterocycles. The highest BCUT2D eigenvalue weighted by Crippen LogP contribution is 2.33. The molecule has 9 heteroatoms. The number of aromatic amines is 2. The first-order valence-electron chi connectivity index (χ1n) is 9.31. The Bertz CT molecular complexity index is 946. The zero-order chi connectivity index (χ0) is 19.7. The average Bonchev–Trinajstić information content (AvgIpc) is 3.33. The smallest absolute Gasteiger partial charge is 0.227 e. The molecule has 148 valence electrons. The summed E-state index contributed by atoms with van der Waals surface area (Å²) in [5.41, 5.74) is 8.58. The van der Waals surface area contributed by atoms with Crippen LogP contribution in [0, 0.1) is 5.92 Å². The number of imidazole rings is 1. The van der Waals surface area contributed by atoms with E-state index in [2.05, 4.69) is 25.5 Å². The van der Waals surface area contributed by atoms with Crippen molar-refractivity contribution < 1.29 is 14.3 Å². The molecule has 1 aliphatic rings. The minimum Gasteiger partial charge on any atom is -0.493 e. The number of carbonyl (C=O) groups is 1. The third-order valence-corrected chi connectivity index (χ3v) is 5.25. The number of aromatic nitrogens is 4. The Morgan fingerprint density at radius 2 is 1.89 bits per heavy atom. The normalized spacial score (nSPS) is 19.5. The summed E-state index contributed by atoms with van der Waals surface area (Å²) in [6.45, 7) is 0. The molecule has 1 fully saturated rings. The van der Waals surface area contributed by atoms with E-state index in [1.807, 2.05) is 6.07 Å². The molecule has 0 saturated heterocycles. The number of nitrogens with two attached hydrogens (primary N) is 1. The van der Waals surface area contributed by atoms with Crippen LogP contribution >= 0.6 is 0 Å². The summed E-state index contributed by atoms with van der Waals surface area (Å²) in [6, 6.07) is 3.82. The number of H-pyrrole nitrogens is 2. The second-order valence-corrected chi connectivity index (χ2v) is 7.06. The molecule has 2 aromatic heterocycles. The molecule has 5 N–H and O–H groups in total. The summed E-state index contributed by atoms with van der Waals surface area (Å²) < 4.78 is 10.7. The van der Waals surface area contributed by atoms with E-state index in [9.17, 15) is 4.79 Å². The molecule has 0 unspecified atom stereocenters. The van der Waals surface area contributed by atoms with Crippen LogP contribution < -0.4 is 20.5 Å². The van der Waals surface area contributed by atoms with Crippen LogP contribution in [0.1, 0.15) is 25.7 Å². The first-order valence-corrected chi connectivity index (χ1v) is 9.31. The van der Waals surface area contributed by atoms with Crippen molar-refractivity contribution in [1.82, 2.24) is 20.2 Å². The Labute approximate surface area is 162 Å². The van der Waals surface area contributed by atoms with E-state index in [1.165, 1.54) is 0 Å². The quantitative estimate of drug-likeness (QED) is 0.534. The van der Waals surface area contributed by atoms with Crippen LogP contribution in [0.4, 0.5) is 5.69 Å². The lowest BCUT2D eigenvalue weighted by Gasteiger charge is -2.24. The summed E-state index contributed by atoms with van der Waals surface area (Å²) in [4.78, 5) is 20.5. The van der Waals surface area contributed by atoms with E-state index < -0.39 is 0 Å². The Balaban J connectivity index is 1.59. The van der Waals surface area contributed by atoms with Crippen LogP contribution in [0.15, 0.2) is 18.3 Å². The molecule has 9 nitrogen and oxygen atoms in total. The molecule has 1 aromatic carbocycles. The zero-order valence-corrected chi connectivity index (χ0v) is 15.9. The van der Waals surface area contributed by atoms with Crippen LogP contribution in [0.2, 0.25) is 0 Å². The third-order valence-electron chi connectivity index (χ3n) is 5.25. The topological polar surface area (TPSA) is 131 Å². The molecular weight excluding hydrogens is 360 g/mol. The monoisotopic (exact) mass is 384 g/mol. The first kappa shape index (κ1) is 18.3. The van der Waals surface area contributed by atoms with Gasteiger partial charge in [0.25, 0.3) is 0 Å². The molecular formula is C19H24N6O3. The van der Waals surface area contributed by atoms with Crippen molar-refractivity contribution >= 4 is 22.6 Å². The molecule has 1 amide bonds. The number of hydrogen-bond acceptors (Lipinski definition) is 6. The molecule has 0 radical (unpaired) electrons. The van der Waals surface area contributed by atoms with Gasteiger partial charge in [-0.15, -0.1) is 0 Å². The standard InChI is InChI=1S/C19H24N6O3/c1-27-15-7-12-13(8-16(15)28-2)23-18(22-12)17-14(9-21-25-17)24-19(26)10-3-5-11(20)6-4-10/h7-11H,3-6,20H2,1-2H3,(H,21,25)(H,22,23)(H,24,26)/t10-,11-. The number of nitrogens with zero attached hydrogens (tertiary/aromatic N) is 2. The summed E-state index contributed by atoms with van der Waals surface area (Å²) in [5.74, 6) is 1.73. The first-order chi connectivity index (χ1) is 13.6. The number of amides is 1. The van der Waals surface area contributed by atoms with Crippen molar-refractivity contribution in [2.45, 2.75) is 31.7 Å². The number of benzene rings is 1. The highest BCUT2D eigenvalue weighted by molar-refractivity contribution is 5.96. The van der Waals surface area contributed by atoms with Gasteiger partial charge in [-0.05, 0) is 25.7 Å². The molecule has 4 rings (SSSR count). The van der Waals surface area contributed by atoms with Gasteiger partial charge in [-0.1, -0.05) is 0 Å². The van der Waals surface area contributed by atoms with Crippen molar-refractivity contribution in [3.63, 3.8) is 0 Å². The minimum atomic E-state index is -0.0215. The number of methoxy groups -OCH3 is 2. The van der Waals surface area contributed by atoms with Gasteiger partial charge in [0.2, 0.25) is 5.91 Å².